The quantitative estimate of drug-likeness (QED) is 0.623. The topological polar surface area (TPSA) is 30.7 Å². The minimum atomic E-state index is -4.94. The maximum Gasteiger partial charge on any atom is 0.451 e. The SMILES string of the molecule is Cn1c(C(F)(F)F)nnc1C(F)(F)F. The van der Waals surface area contributed by atoms with E-state index in [-0.39, 0.29) is 4.57 Å². The number of halogens is 6. The fraction of sp³-hybridized carbons (Fsp3) is 0.600. The van der Waals surface area contributed by atoms with E-state index in [2.05, 4.69) is 10.2 Å². The van der Waals surface area contributed by atoms with Crippen molar-refractivity contribution < 1.29 is 26.3 Å². The predicted molar refractivity (Wildman–Crippen MR) is 31.0 cm³/mol. The largest absolute Gasteiger partial charge is 0.451 e. The number of hydrogen-bond acceptors (Lipinski definition) is 2. The van der Waals surface area contributed by atoms with Gasteiger partial charge in [0.1, 0.15) is 0 Å². The molecule has 0 aliphatic heterocycles. The molecule has 0 N–H and O–H groups in total. The van der Waals surface area contributed by atoms with Crippen LogP contribution in [-0.4, -0.2) is 14.8 Å². The van der Waals surface area contributed by atoms with Crippen molar-refractivity contribution in [2.24, 2.45) is 7.05 Å². The van der Waals surface area contributed by atoms with E-state index in [9.17, 15) is 26.3 Å². The molecule has 14 heavy (non-hydrogen) atoms. The Morgan fingerprint density at radius 1 is 0.857 bits per heavy atom. The summed E-state index contributed by atoms with van der Waals surface area (Å²) in [5, 5.41) is 4.84. The first-order chi connectivity index (χ1) is 6.14. The first kappa shape index (κ1) is 10.8. The lowest BCUT2D eigenvalue weighted by Crippen LogP contribution is -2.17. The Kier molecular flexibility index (Phi) is 2.20. The number of hydrogen-bond donors (Lipinski definition) is 0. The summed E-state index contributed by atoms with van der Waals surface area (Å²) in [6.07, 6.45) is -9.88. The van der Waals surface area contributed by atoms with E-state index >= 15 is 0 Å². The van der Waals surface area contributed by atoms with Gasteiger partial charge >= 0.3 is 12.4 Å². The number of aromatic nitrogens is 3. The Balaban J connectivity index is 3.23. The zero-order chi connectivity index (χ0) is 11.1. The Bertz CT molecular complexity index is 303. The second kappa shape index (κ2) is 2.85. The van der Waals surface area contributed by atoms with Crippen LogP contribution in [0.4, 0.5) is 26.3 Å². The molecule has 1 heterocycles. The summed E-state index contributed by atoms with van der Waals surface area (Å²) in [6, 6.07) is 0. The van der Waals surface area contributed by atoms with Crippen molar-refractivity contribution in [2.45, 2.75) is 12.4 Å². The van der Waals surface area contributed by atoms with Gasteiger partial charge in [-0.3, -0.25) is 0 Å². The molecule has 0 saturated heterocycles. The van der Waals surface area contributed by atoms with Crippen LogP contribution in [0.15, 0.2) is 0 Å². The minimum Gasteiger partial charge on any atom is -0.303 e. The van der Waals surface area contributed by atoms with Crippen molar-refractivity contribution in [3.63, 3.8) is 0 Å². The third-order valence-corrected chi connectivity index (χ3v) is 1.38. The fourth-order valence-electron chi connectivity index (χ4n) is 0.823. The van der Waals surface area contributed by atoms with Crippen LogP contribution in [0.3, 0.4) is 0 Å². The molecule has 0 bridgehead atoms. The lowest BCUT2D eigenvalue weighted by molar-refractivity contribution is -0.154. The molecule has 1 aromatic heterocycles. The molecule has 3 nitrogen and oxygen atoms in total. The zero-order valence-electron chi connectivity index (χ0n) is 6.61. The van der Waals surface area contributed by atoms with Crippen LogP contribution in [-0.2, 0) is 19.4 Å². The molecule has 0 amide bonds. The fourth-order valence-corrected chi connectivity index (χ4v) is 0.823. The van der Waals surface area contributed by atoms with Crippen LogP contribution in [0.2, 0.25) is 0 Å². The summed E-state index contributed by atoms with van der Waals surface area (Å²) in [4.78, 5) is 0. The van der Waals surface area contributed by atoms with Gasteiger partial charge < -0.3 is 4.57 Å². The summed E-state index contributed by atoms with van der Waals surface area (Å²) in [5.74, 6) is -3.35. The Labute approximate surface area is 73.3 Å². The normalized spacial score (nSPS) is 13.4. The smallest absolute Gasteiger partial charge is 0.303 e. The maximum absolute atomic E-state index is 12.0. The van der Waals surface area contributed by atoms with Gasteiger partial charge in [0.2, 0.25) is 11.6 Å². The van der Waals surface area contributed by atoms with Crippen LogP contribution >= 0.6 is 0 Å². The molecule has 0 radical (unpaired) electrons. The standard InChI is InChI=1S/C5H3F6N3/c1-14-2(4(6,7)8)12-13-3(14)5(9,10)11/h1H3. The van der Waals surface area contributed by atoms with Crippen molar-refractivity contribution in [3.05, 3.63) is 11.6 Å². The second-order valence-electron chi connectivity index (χ2n) is 2.40. The molecule has 0 aromatic carbocycles. The molecular weight excluding hydrogens is 216 g/mol. The van der Waals surface area contributed by atoms with E-state index in [1.54, 1.807) is 0 Å². The number of rotatable bonds is 0. The summed E-state index contributed by atoms with van der Waals surface area (Å²) in [6.45, 7) is 0. The molecule has 0 spiro atoms. The lowest BCUT2D eigenvalue weighted by Gasteiger charge is -2.07. The first-order valence-corrected chi connectivity index (χ1v) is 3.18. The Morgan fingerprint density at radius 2 is 1.14 bits per heavy atom. The molecule has 0 saturated carbocycles. The van der Waals surface area contributed by atoms with Crippen molar-refractivity contribution >= 4 is 0 Å². The third-order valence-electron chi connectivity index (χ3n) is 1.38. The van der Waals surface area contributed by atoms with Gasteiger partial charge in [-0.05, 0) is 0 Å². The molecule has 0 aliphatic rings. The van der Waals surface area contributed by atoms with Crippen molar-refractivity contribution in [3.8, 4) is 0 Å². The average Bonchev–Trinajstić information content (AvgIpc) is 2.26. The van der Waals surface area contributed by atoms with E-state index in [1.807, 2.05) is 0 Å². The highest BCUT2D eigenvalue weighted by Gasteiger charge is 2.43. The Hall–Kier alpha value is -1.28. The van der Waals surface area contributed by atoms with E-state index in [0.717, 1.165) is 0 Å². The highest BCUT2D eigenvalue weighted by Crippen LogP contribution is 2.32. The molecule has 1 rings (SSSR count). The number of nitrogens with zero attached hydrogens (tertiary/aromatic N) is 3. The monoisotopic (exact) mass is 219 g/mol. The highest BCUT2D eigenvalue weighted by atomic mass is 19.4. The lowest BCUT2D eigenvalue weighted by atomic mass is 10.5. The summed E-state index contributed by atoms with van der Waals surface area (Å²) in [7, 11) is 0.603. The summed E-state index contributed by atoms with van der Waals surface area (Å²) >= 11 is 0. The van der Waals surface area contributed by atoms with Gasteiger partial charge in [0.15, 0.2) is 0 Å². The van der Waals surface area contributed by atoms with E-state index < -0.39 is 24.0 Å². The van der Waals surface area contributed by atoms with Crippen LogP contribution in [0.5, 0.6) is 0 Å². The van der Waals surface area contributed by atoms with Gasteiger partial charge in [-0.1, -0.05) is 0 Å². The predicted octanol–water partition coefficient (Wildman–Crippen LogP) is 1.85. The van der Waals surface area contributed by atoms with Crippen molar-refractivity contribution in [1.29, 1.82) is 0 Å². The molecule has 0 unspecified atom stereocenters. The third kappa shape index (κ3) is 1.80. The van der Waals surface area contributed by atoms with E-state index in [0.29, 0.717) is 7.05 Å². The molecule has 9 heteroatoms. The second-order valence-corrected chi connectivity index (χ2v) is 2.40. The molecule has 80 valence electrons. The zero-order valence-corrected chi connectivity index (χ0v) is 6.61. The molecular formula is C5H3F6N3. The van der Waals surface area contributed by atoms with Crippen molar-refractivity contribution in [2.75, 3.05) is 0 Å². The van der Waals surface area contributed by atoms with Crippen LogP contribution in [0, 0.1) is 0 Å². The van der Waals surface area contributed by atoms with Gasteiger partial charge in [-0.25, -0.2) is 0 Å². The number of alkyl halides is 6. The molecule has 1 aromatic rings. The van der Waals surface area contributed by atoms with Crippen LogP contribution in [0.25, 0.3) is 0 Å². The maximum atomic E-state index is 12.0. The van der Waals surface area contributed by atoms with Gasteiger partial charge in [-0.2, -0.15) is 26.3 Å². The van der Waals surface area contributed by atoms with Gasteiger partial charge in [0, 0.05) is 7.05 Å². The first-order valence-electron chi connectivity index (χ1n) is 3.18. The summed E-state index contributed by atoms with van der Waals surface area (Å²) in [5.41, 5.74) is 0. The minimum absolute atomic E-state index is 0.139. The van der Waals surface area contributed by atoms with Gasteiger partial charge in [0.25, 0.3) is 0 Å². The Morgan fingerprint density at radius 3 is 1.29 bits per heavy atom. The molecule has 0 fully saturated rings. The average molecular weight is 219 g/mol. The van der Waals surface area contributed by atoms with Crippen LogP contribution in [0.1, 0.15) is 11.6 Å². The summed E-state index contributed by atoms with van der Waals surface area (Å²) < 4.78 is 71.6. The van der Waals surface area contributed by atoms with E-state index in [4.69, 9.17) is 0 Å². The van der Waals surface area contributed by atoms with Crippen LogP contribution < -0.4 is 0 Å². The van der Waals surface area contributed by atoms with E-state index in [1.165, 1.54) is 0 Å². The highest BCUT2D eigenvalue weighted by molar-refractivity contribution is 5.01. The molecule has 0 atom stereocenters. The van der Waals surface area contributed by atoms with Crippen molar-refractivity contribution in [1.82, 2.24) is 14.8 Å². The molecule has 0 aliphatic carbocycles. The van der Waals surface area contributed by atoms with Gasteiger partial charge in [0.05, 0.1) is 0 Å². The van der Waals surface area contributed by atoms with Gasteiger partial charge in [-0.15, -0.1) is 10.2 Å².